The van der Waals surface area contributed by atoms with Crippen molar-refractivity contribution in [1.29, 1.82) is 0 Å². The van der Waals surface area contributed by atoms with Crippen molar-refractivity contribution >= 4 is 0 Å². The molecule has 0 aliphatic heterocycles. The average Bonchev–Trinajstić information content (AvgIpc) is 2.29. The van der Waals surface area contributed by atoms with Gasteiger partial charge in [0.1, 0.15) is 11.6 Å². The lowest BCUT2D eigenvalue weighted by Crippen LogP contribution is -2.31. The lowest BCUT2D eigenvalue weighted by atomic mass is 10.2. The molecule has 1 atom stereocenters. The van der Waals surface area contributed by atoms with E-state index in [4.69, 9.17) is 4.74 Å². The van der Waals surface area contributed by atoms with Crippen molar-refractivity contribution in [1.82, 2.24) is 5.32 Å². The summed E-state index contributed by atoms with van der Waals surface area (Å²) >= 11 is 0. The topological polar surface area (TPSA) is 41.5 Å². The van der Waals surface area contributed by atoms with Gasteiger partial charge in [0.2, 0.25) is 0 Å². The Labute approximate surface area is 106 Å². The third-order valence-corrected chi connectivity index (χ3v) is 2.33. The molecule has 0 radical (unpaired) electrons. The molecular formula is C13H19F2NO2. The smallest absolute Gasteiger partial charge is 0.130 e. The van der Waals surface area contributed by atoms with Gasteiger partial charge in [-0.3, -0.25) is 0 Å². The molecule has 0 heterocycles. The molecule has 0 aromatic heterocycles. The van der Waals surface area contributed by atoms with E-state index < -0.39 is 17.7 Å². The molecule has 5 heteroatoms. The lowest BCUT2D eigenvalue weighted by Gasteiger charge is -2.14. The zero-order valence-corrected chi connectivity index (χ0v) is 10.6. The second-order valence-electron chi connectivity index (χ2n) is 4.40. The van der Waals surface area contributed by atoms with Crippen molar-refractivity contribution in [3.8, 4) is 0 Å². The van der Waals surface area contributed by atoms with Gasteiger partial charge in [-0.15, -0.1) is 0 Å². The fraction of sp³-hybridized carbons (Fsp3) is 0.538. The highest BCUT2D eigenvalue weighted by Crippen LogP contribution is 2.08. The van der Waals surface area contributed by atoms with Gasteiger partial charge in [-0.05, 0) is 19.9 Å². The van der Waals surface area contributed by atoms with Crippen molar-refractivity contribution in [2.45, 2.75) is 32.6 Å². The maximum atomic E-state index is 13.3. The monoisotopic (exact) mass is 259 g/mol. The number of benzene rings is 1. The van der Waals surface area contributed by atoms with Gasteiger partial charge in [-0.25, -0.2) is 8.78 Å². The van der Waals surface area contributed by atoms with Crippen LogP contribution in [0.3, 0.4) is 0 Å². The normalized spacial score (nSPS) is 13.0. The number of nitrogens with one attached hydrogen (secondary N) is 1. The number of aliphatic hydroxyl groups excluding tert-OH is 1. The van der Waals surface area contributed by atoms with E-state index in [9.17, 15) is 13.9 Å². The van der Waals surface area contributed by atoms with Crippen molar-refractivity contribution < 1.29 is 18.6 Å². The van der Waals surface area contributed by atoms with Gasteiger partial charge >= 0.3 is 0 Å². The molecule has 0 saturated carbocycles. The van der Waals surface area contributed by atoms with Crippen molar-refractivity contribution in [2.75, 3.05) is 13.2 Å². The summed E-state index contributed by atoms with van der Waals surface area (Å²) in [4.78, 5) is 0. The number of rotatable bonds is 7. The van der Waals surface area contributed by atoms with Crippen LogP contribution in [0.4, 0.5) is 8.78 Å². The van der Waals surface area contributed by atoms with Crippen LogP contribution in [0.15, 0.2) is 18.2 Å². The maximum Gasteiger partial charge on any atom is 0.130 e. The largest absolute Gasteiger partial charge is 0.389 e. The first-order chi connectivity index (χ1) is 8.49. The van der Waals surface area contributed by atoms with Crippen molar-refractivity contribution in [2.24, 2.45) is 0 Å². The second-order valence-corrected chi connectivity index (χ2v) is 4.40. The van der Waals surface area contributed by atoms with E-state index in [0.29, 0.717) is 12.1 Å². The third-order valence-electron chi connectivity index (χ3n) is 2.33. The SMILES string of the molecule is CC(C)OCC(O)CNCc1ccc(F)cc1F. The molecule has 1 aromatic rings. The fourth-order valence-electron chi connectivity index (χ4n) is 1.40. The van der Waals surface area contributed by atoms with Crippen LogP contribution in [0, 0.1) is 11.6 Å². The molecule has 2 N–H and O–H groups in total. The summed E-state index contributed by atoms with van der Waals surface area (Å²) in [5.41, 5.74) is 0.369. The predicted octanol–water partition coefficient (Wildman–Crippen LogP) is 1.84. The number of halogens is 2. The van der Waals surface area contributed by atoms with E-state index in [2.05, 4.69) is 5.32 Å². The first kappa shape index (κ1) is 15.0. The van der Waals surface area contributed by atoms with Crippen LogP contribution in [-0.2, 0) is 11.3 Å². The summed E-state index contributed by atoms with van der Waals surface area (Å²) in [5.74, 6) is -1.18. The molecule has 1 unspecified atom stereocenters. The molecule has 0 bridgehead atoms. The van der Waals surface area contributed by atoms with Gasteiger partial charge in [0.05, 0.1) is 18.8 Å². The maximum absolute atomic E-state index is 13.3. The fourth-order valence-corrected chi connectivity index (χ4v) is 1.40. The molecule has 0 fully saturated rings. The number of ether oxygens (including phenoxy) is 1. The molecular weight excluding hydrogens is 240 g/mol. The zero-order chi connectivity index (χ0) is 13.5. The molecule has 3 nitrogen and oxygen atoms in total. The number of hydrogen-bond donors (Lipinski definition) is 2. The summed E-state index contributed by atoms with van der Waals surface area (Å²) in [5, 5.41) is 12.4. The van der Waals surface area contributed by atoms with Crippen LogP contribution in [0.25, 0.3) is 0 Å². The van der Waals surface area contributed by atoms with Crippen LogP contribution >= 0.6 is 0 Å². The number of aliphatic hydroxyl groups is 1. The van der Waals surface area contributed by atoms with Gasteiger partial charge in [-0.1, -0.05) is 6.07 Å². The minimum Gasteiger partial charge on any atom is -0.389 e. The molecule has 102 valence electrons. The van der Waals surface area contributed by atoms with E-state index >= 15 is 0 Å². The number of hydrogen-bond acceptors (Lipinski definition) is 3. The zero-order valence-electron chi connectivity index (χ0n) is 10.6. The molecule has 18 heavy (non-hydrogen) atoms. The molecule has 1 rings (SSSR count). The first-order valence-electron chi connectivity index (χ1n) is 5.93. The van der Waals surface area contributed by atoms with E-state index in [1.165, 1.54) is 12.1 Å². The van der Waals surface area contributed by atoms with Crippen molar-refractivity contribution in [3.05, 3.63) is 35.4 Å². The Hall–Kier alpha value is -1.04. The van der Waals surface area contributed by atoms with Crippen LogP contribution in [0.5, 0.6) is 0 Å². The van der Waals surface area contributed by atoms with Crippen LogP contribution in [-0.4, -0.2) is 30.5 Å². The summed E-state index contributed by atoms with van der Waals surface area (Å²) in [7, 11) is 0. The highest BCUT2D eigenvalue weighted by molar-refractivity contribution is 5.18. The summed E-state index contributed by atoms with van der Waals surface area (Å²) < 4.78 is 31.2. The first-order valence-corrected chi connectivity index (χ1v) is 5.93. The third kappa shape index (κ3) is 5.53. The molecule has 0 spiro atoms. The van der Waals surface area contributed by atoms with Crippen LogP contribution in [0.1, 0.15) is 19.4 Å². The van der Waals surface area contributed by atoms with E-state index in [-0.39, 0.29) is 19.3 Å². The average molecular weight is 259 g/mol. The Bertz CT molecular complexity index is 372. The Morgan fingerprint density at radius 1 is 1.33 bits per heavy atom. The highest BCUT2D eigenvalue weighted by atomic mass is 19.1. The predicted molar refractivity (Wildman–Crippen MR) is 65.2 cm³/mol. The minimum atomic E-state index is -0.643. The standard InChI is InChI=1S/C13H19F2NO2/c1-9(2)18-8-12(17)7-16-6-10-3-4-11(14)5-13(10)15/h3-5,9,12,16-17H,6-8H2,1-2H3. The van der Waals surface area contributed by atoms with Crippen LogP contribution in [0.2, 0.25) is 0 Å². The lowest BCUT2D eigenvalue weighted by molar-refractivity contribution is 0.00628. The molecule has 0 amide bonds. The van der Waals surface area contributed by atoms with Crippen LogP contribution < -0.4 is 5.32 Å². The summed E-state index contributed by atoms with van der Waals surface area (Å²) in [6, 6.07) is 3.43. The quantitative estimate of drug-likeness (QED) is 0.785. The summed E-state index contributed by atoms with van der Waals surface area (Å²) in [6.45, 7) is 4.53. The molecule has 0 aliphatic rings. The van der Waals surface area contributed by atoms with E-state index in [0.717, 1.165) is 6.07 Å². The summed E-state index contributed by atoms with van der Waals surface area (Å²) in [6.07, 6.45) is -0.579. The van der Waals surface area contributed by atoms with E-state index in [1.54, 1.807) is 0 Å². The highest BCUT2D eigenvalue weighted by Gasteiger charge is 2.07. The Kier molecular flexibility index (Phi) is 6.18. The van der Waals surface area contributed by atoms with Gasteiger partial charge in [-0.2, -0.15) is 0 Å². The Balaban J connectivity index is 2.28. The Morgan fingerprint density at radius 2 is 2.06 bits per heavy atom. The minimum absolute atomic E-state index is 0.0641. The molecule has 1 aromatic carbocycles. The van der Waals surface area contributed by atoms with Gasteiger partial charge < -0.3 is 15.2 Å². The second kappa shape index (κ2) is 7.41. The Morgan fingerprint density at radius 3 is 2.67 bits per heavy atom. The van der Waals surface area contributed by atoms with Gasteiger partial charge in [0, 0.05) is 24.7 Å². The van der Waals surface area contributed by atoms with Crippen molar-refractivity contribution in [3.63, 3.8) is 0 Å². The molecule has 0 saturated heterocycles. The van der Waals surface area contributed by atoms with Gasteiger partial charge in [0.15, 0.2) is 0 Å². The van der Waals surface area contributed by atoms with Gasteiger partial charge in [0.25, 0.3) is 0 Å². The van der Waals surface area contributed by atoms with E-state index in [1.807, 2.05) is 13.8 Å². The molecule has 0 aliphatic carbocycles.